The first-order valence-corrected chi connectivity index (χ1v) is 8.77. The Kier molecular flexibility index (Phi) is 5.44. The fourth-order valence-electron chi connectivity index (χ4n) is 3.19. The van der Waals surface area contributed by atoms with E-state index in [0.717, 1.165) is 49.3 Å². The van der Waals surface area contributed by atoms with Crippen LogP contribution in [-0.2, 0) is 0 Å². The van der Waals surface area contributed by atoms with Crippen molar-refractivity contribution in [2.45, 2.75) is 19.8 Å². The van der Waals surface area contributed by atoms with Gasteiger partial charge in [-0.25, -0.2) is 18.7 Å². The number of rotatable bonds is 5. The molecule has 0 amide bonds. The highest BCUT2D eigenvalue weighted by Gasteiger charge is 2.29. The molecule has 0 saturated carbocycles. The van der Waals surface area contributed by atoms with Crippen LogP contribution in [0.1, 0.15) is 30.1 Å². The summed E-state index contributed by atoms with van der Waals surface area (Å²) in [6, 6.07) is 4.89. The number of carbonyl (C=O) groups excluding carboxylic acids is 1. The number of aromatic nitrogens is 2. The first-order chi connectivity index (χ1) is 12.5. The average Bonchev–Trinajstić information content (AvgIpc) is 2.69. The molecule has 1 saturated heterocycles. The minimum absolute atomic E-state index is 0.175. The molecule has 3 rings (SSSR count). The molecule has 1 aliphatic rings. The van der Waals surface area contributed by atoms with Crippen molar-refractivity contribution in [3.05, 3.63) is 47.8 Å². The molecule has 138 valence electrons. The van der Waals surface area contributed by atoms with Gasteiger partial charge in [-0.15, -0.1) is 0 Å². The Morgan fingerprint density at radius 3 is 2.88 bits per heavy atom. The molecule has 0 aliphatic carbocycles. The number of benzene rings is 1. The van der Waals surface area contributed by atoms with Gasteiger partial charge in [0.2, 0.25) is 0 Å². The van der Waals surface area contributed by atoms with Crippen molar-refractivity contribution in [1.82, 2.24) is 9.97 Å². The molecule has 7 heteroatoms. The fraction of sp³-hybridized carbons (Fsp3) is 0.421. The third kappa shape index (κ3) is 3.81. The zero-order valence-corrected chi connectivity index (χ0v) is 15.0. The molecule has 0 unspecified atom stereocenters. The van der Waals surface area contributed by atoms with Crippen LogP contribution >= 0.6 is 0 Å². The summed E-state index contributed by atoms with van der Waals surface area (Å²) in [5.41, 5.74) is -0.175. The predicted octanol–water partition coefficient (Wildman–Crippen LogP) is 3.31. The SMILES string of the molecule is CCN(C)c1cc(N2CCC[C@H](C(=O)c3cc(F)ccc3F)C2)ncn1. The zero-order valence-electron chi connectivity index (χ0n) is 15.0. The number of hydrogen-bond acceptors (Lipinski definition) is 5. The summed E-state index contributed by atoms with van der Waals surface area (Å²) in [6.45, 7) is 4.05. The summed E-state index contributed by atoms with van der Waals surface area (Å²) in [6.07, 6.45) is 2.95. The van der Waals surface area contributed by atoms with Gasteiger partial charge in [0.15, 0.2) is 5.78 Å². The van der Waals surface area contributed by atoms with Crippen molar-refractivity contribution in [2.75, 3.05) is 36.5 Å². The number of hydrogen-bond donors (Lipinski definition) is 0. The number of carbonyl (C=O) groups is 1. The topological polar surface area (TPSA) is 49.3 Å². The molecule has 26 heavy (non-hydrogen) atoms. The van der Waals surface area contributed by atoms with Gasteiger partial charge in [0.1, 0.15) is 29.6 Å². The maximum absolute atomic E-state index is 13.9. The van der Waals surface area contributed by atoms with Crippen LogP contribution < -0.4 is 9.80 Å². The van der Waals surface area contributed by atoms with E-state index >= 15 is 0 Å². The molecular formula is C19H22F2N4O. The Balaban J connectivity index is 1.79. The van der Waals surface area contributed by atoms with E-state index in [9.17, 15) is 13.6 Å². The van der Waals surface area contributed by atoms with Crippen molar-refractivity contribution in [3.63, 3.8) is 0 Å². The largest absolute Gasteiger partial charge is 0.360 e. The Morgan fingerprint density at radius 2 is 2.12 bits per heavy atom. The molecule has 1 aliphatic heterocycles. The van der Waals surface area contributed by atoms with Crippen LogP contribution in [0.2, 0.25) is 0 Å². The summed E-state index contributed by atoms with van der Waals surface area (Å²) in [7, 11) is 1.95. The molecule has 0 spiro atoms. The molecule has 2 aromatic rings. The average molecular weight is 360 g/mol. The van der Waals surface area contributed by atoms with Crippen LogP contribution in [0, 0.1) is 17.6 Å². The van der Waals surface area contributed by atoms with Crippen LogP contribution in [0.25, 0.3) is 0 Å². The normalized spacial score (nSPS) is 17.2. The summed E-state index contributed by atoms with van der Waals surface area (Å²) >= 11 is 0. The second-order valence-corrected chi connectivity index (χ2v) is 6.52. The van der Waals surface area contributed by atoms with Gasteiger partial charge in [-0.2, -0.15) is 0 Å². The second-order valence-electron chi connectivity index (χ2n) is 6.52. The molecule has 0 N–H and O–H groups in total. The monoisotopic (exact) mass is 360 g/mol. The summed E-state index contributed by atoms with van der Waals surface area (Å²) in [4.78, 5) is 25.3. The predicted molar refractivity (Wildman–Crippen MR) is 96.6 cm³/mol. The number of Topliss-reactive ketones (excluding diaryl/α,β-unsaturated/α-hetero) is 1. The van der Waals surface area contributed by atoms with Gasteiger partial charge in [0.25, 0.3) is 0 Å². The van der Waals surface area contributed by atoms with Gasteiger partial charge in [-0.1, -0.05) is 0 Å². The van der Waals surface area contributed by atoms with Gasteiger partial charge in [-0.3, -0.25) is 4.79 Å². The quantitative estimate of drug-likeness (QED) is 0.766. The summed E-state index contributed by atoms with van der Waals surface area (Å²) in [5.74, 6) is -0.475. The lowest BCUT2D eigenvalue weighted by Gasteiger charge is -2.33. The Morgan fingerprint density at radius 1 is 1.31 bits per heavy atom. The van der Waals surface area contributed by atoms with Gasteiger partial charge in [0, 0.05) is 38.7 Å². The maximum Gasteiger partial charge on any atom is 0.170 e. The number of halogens is 2. The van der Waals surface area contributed by atoms with Crippen molar-refractivity contribution < 1.29 is 13.6 Å². The second kappa shape index (κ2) is 7.76. The van der Waals surface area contributed by atoms with Crippen molar-refractivity contribution in [1.29, 1.82) is 0 Å². The molecule has 0 radical (unpaired) electrons. The fourth-order valence-corrected chi connectivity index (χ4v) is 3.19. The van der Waals surface area contributed by atoms with E-state index < -0.39 is 11.6 Å². The first kappa shape index (κ1) is 18.2. The standard InChI is InChI=1S/C19H22F2N4O/c1-3-24(2)17-10-18(23-12-22-17)25-8-4-5-13(11-25)19(26)15-9-14(20)6-7-16(15)21/h6-7,9-10,12-13H,3-5,8,11H2,1-2H3/t13-/m0/s1. The van der Waals surface area contributed by atoms with E-state index in [0.29, 0.717) is 13.0 Å². The third-order valence-corrected chi connectivity index (χ3v) is 4.81. The van der Waals surface area contributed by atoms with Crippen LogP contribution in [0.3, 0.4) is 0 Å². The molecule has 0 bridgehead atoms. The van der Waals surface area contributed by atoms with E-state index in [1.807, 2.05) is 29.8 Å². The highest BCUT2D eigenvalue weighted by atomic mass is 19.1. The number of anilines is 2. The number of piperidine rings is 1. The van der Waals surface area contributed by atoms with Gasteiger partial charge < -0.3 is 9.80 Å². The highest BCUT2D eigenvalue weighted by Crippen LogP contribution is 2.26. The van der Waals surface area contributed by atoms with Crippen LogP contribution in [0.5, 0.6) is 0 Å². The third-order valence-electron chi connectivity index (χ3n) is 4.81. The van der Waals surface area contributed by atoms with Crippen molar-refractivity contribution in [3.8, 4) is 0 Å². The first-order valence-electron chi connectivity index (χ1n) is 8.77. The van der Waals surface area contributed by atoms with Crippen molar-refractivity contribution >= 4 is 17.4 Å². The molecule has 1 aromatic carbocycles. The Bertz CT molecular complexity index is 799. The summed E-state index contributed by atoms with van der Waals surface area (Å²) < 4.78 is 27.4. The molecule has 2 heterocycles. The van der Waals surface area contributed by atoms with E-state index in [1.54, 1.807) is 0 Å². The minimum Gasteiger partial charge on any atom is -0.360 e. The minimum atomic E-state index is -0.678. The van der Waals surface area contributed by atoms with Crippen LogP contribution in [-0.4, -0.2) is 42.4 Å². The lowest BCUT2D eigenvalue weighted by molar-refractivity contribution is 0.0902. The molecule has 1 aromatic heterocycles. The van der Waals surface area contributed by atoms with Gasteiger partial charge >= 0.3 is 0 Å². The zero-order chi connectivity index (χ0) is 18.7. The smallest absolute Gasteiger partial charge is 0.170 e. The maximum atomic E-state index is 13.9. The highest BCUT2D eigenvalue weighted by molar-refractivity contribution is 5.98. The molecule has 1 fully saturated rings. The molecule has 5 nitrogen and oxygen atoms in total. The van der Waals surface area contributed by atoms with E-state index in [2.05, 4.69) is 9.97 Å². The number of nitrogens with zero attached hydrogens (tertiary/aromatic N) is 4. The Labute approximate surface area is 151 Å². The van der Waals surface area contributed by atoms with E-state index in [-0.39, 0.29) is 17.3 Å². The van der Waals surface area contributed by atoms with Gasteiger partial charge in [-0.05, 0) is 38.0 Å². The summed E-state index contributed by atoms with van der Waals surface area (Å²) in [5, 5.41) is 0. The van der Waals surface area contributed by atoms with Crippen LogP contribution in [0.15, 0.2) is 30.6 Å². The van der Waals surface area contributed by atoms with Crippen molar-refractivity contribution in [2.24, 2.45) is 5.92 Å². The van der Waals surface area contributed by atoms with E-state index in [4.69, 9.17) is 0 Å². The van der Waals surface area contributed by atoms with E-state index in [1.165, 1.54) is 6.33 Å². The lowest BCUT2D eigenvalue weighted by atomic mass is 9.89. The Hall–Kier alpha value is -2.57. The number of ketones is 1. The van der Waals surface area contributed by atoms with Gasteiger partial charge in [0.05, 0.1) is 5.56 Å². The lowest BCUT2D eigenvalue weighted by Crippen LogP contribution is -2.39. The van der Waals surface area contributed by atoms with Crippen LogP contribution in [0.4, 0.5) is 20.4 Å². The molecule has 1 atom stereocenters. The molecular weight excluding hydrogens is 338 g/mol.